The molecule has 2 heterocycles. The molecule has 0 bridgehead atoms. The fourth-order valence-electron chi connectivity index (χ4n) is 6.53. The van der Waals surface area contributed by atoms with Crippen molar-refractivity contribution >= 4 is 56.1 Å². The summed E-state index contributed by atoms with van der Waals surface area (Å²) in [5, 5.41) is 3.07. The first kappa shape index (κ1) is 27.2. The van der Waals surface area contributed by atoms with Crippen molar-refractivity contribution in [1.82, 2.24) is 14.5 Å². The Morgan fingerprint density at radius 2 is 1.02 bits per heavy atom. The number of hydrogen-bond acceptors (Lipinski definition) is 2. The van der Waals surface area contributed by atoms with Gasteiger partial charge in [0.15, 0.2) is 0 Å². The van der Waals surface area contributed by atoms with Crippen molar-refractivity contribution in [2.45, 2.75) is 5.11 Å². The Bertz CT molecular complexity index is 2320. The van der Waals surface area contributed by atoms with Crippen LogP contribution >= 0.6 is 0 Å². The van der Waals surface area contributed by atoms with Gasteiger partial charge in [-0.2, -0.15) is 0 Å². The lowest BCUT2D eigenvalue weighted by molar-refractivity contribution is 0.930. The van der Waals surface area contributed by atoms with Crippen molar-refractivity contribution in [3.63, 3.8) is 0 Å². The van der Waals surface area contributed by atoms with Gasteiger partial charge in [-0.25, -0.2) is 4.98 Å². The minimum atomic E-state index is -1.62. The summed E-state index contributed by atoms with van der Waals surface area (Å²) in [6.07, 6.45) is 3.67. The highest BCUT2D eigenvalue weighted by atomic mass is 15.1. The molecule has 6 aromatic carbocycles. The predicted octanol–water partition coefficient (Wildman–Crippen LogP) is 8.34. The first-order valence-electron chi connectivity index (χ1n) is 14.9. The number of para-hydroxylation sites is 2. The van der Waals surface area contributed by atoms with Crippen molar-refractivity contribution in [3.8, 4) is 39.1 Å². The van der Waals surface area contributed by atoms with Crippen LogP contribution in [-0.4, -0.2) is 38.1 Å². The number of pyridine rings is 1. The summed E-state index contributed by atoms with van der Waals surface area (Å²) in [7, 11) is 18.7. The maximum Gasteiger partial charge on any atom is 0.0951 e. The monoisotopic (exact) mass is 567 g/mol. The van der Waals surface area contributed by atoms with Gasteiger partial charge in [0.05, 0.1) is 40.4 Å². The van der Waals surface area contributed by atoms with Crippen LogP contribution in [0.25, 0.3) is 71.6 Å². The second-order valence-corrected chi connectivity index (χ2v) is 11.4. The summed E-state index contributed by atoms with van der Waals surface area (Å²) >= 11 is 0. The van der Waals surface area contributed by atoms with Crippen molar-refractivity contribution in [2.75, 3.05) is 0 Å². The first-order chi connectivity index (χ1) is 22.0. The Labute approximate surface area is 265 Å². The topological polar surface area (TPSA) is 30.7 Å². The SMILES string of the molecule is [B]C([B])([B])c1nc2ccccc2n1-c1cccc(-c2c3ccccc3c(-c3cccc(-c4ccncc4)c3)c3ccccc23)c1. The number of rotatable bonds is 5. The maximum atomic E-state index is 6.25. The van der Waals surface area contributed by atoms with E-state index in [9.17, 15) is 0 Å². The molecule has 2 aromatic heterocycles. The van der Waals surface area contributed by atoms with Gasteiger partial charge < -0.3 is 0 Å². The molecule has 0 aliphatic rings. The molecule has 45 heavy (non-hydrogen) atoms. The van der Waals surface area contributed by atoms with E-state index in [4.69, 9.17) is 28.5 Å². The highest BCUT2D eigenvalue weighted by Gasteiger charge is 2.23. The number of nitrogens with zero attached hydrogens (tertiary/aromatic N) is 3. The second-order valence-electron chi connectivity index (χ2n) is 11.4. The molecule has 0 unspecified atom stereocenters. The van der Waals surface area contributed by atoms with Gasteiger partial charge in [-0.05, 0) is 97.4 Å². The average Bonchev–Trinajstić information content (AvgIpc) is 3.48. The molecule has 0 aliphatic carbocycles. The summed E-state index contributed by atoms with van der Waals surface area (Å²) in [6.45, 7) is 0. The van der Waals surface area contributed by atoms with Crippen LogP contribution in [0.5, 0.6) is 0 Å². The third-order valence-electron chi connectivity index (χ3n) is 8.44. The van der Waals surface area contributed by atoms with E-state index in [1.54, 1.807) is 0 Å². The Kier molecular flexibility index (Phi) is 6.46. The van der Waals surface area contributed by atoms with Gasteiger partial charge in [-0.1, -0.05) is 96.1 Å². The molecular formula is C39H24B3N3. The smallest absolute Gasteiger partial charge is 0.0951 e. The molecule has 6 heteroatoms. The molecule has 8 aromatic rings. The van der Waals surface area contributed by atoms with Crippen molar-refractivity contribution in [3.05, 3.63) is 152 Å². The minimum Gasteiger partial charge on any atom is -0.298 e. The Morgan fingerprint density at radius 1 is 0.489 bits per heavy atom. The maximum absolute atomic E-state index is 6.25. The van der Waals surface area contributed by atoms with E-state index in [0.29, 0.717) is 5.82 Å². The zero-order valence-electron chi connectivity index (χ0n) is 24.4. The summed E-state index contributed by atoms with van der Waals surface area (Å²) in [4.78, 5) is 8.92. The molecule has 0 amide bonds. The van der Waals surface area contributed by atoms with Gasteiger partial charge in [-0.15, -0.1) is 0 Å². The van der Waals surface area contributed by atoms with Crippen LogP contribution in [0.2, 0.25) is 0 Å². The largest absolute Gasteiger partial charge is 0.298 e. The van der Waals surface area contributed by atoms with Gasteiger partial charge in [0.2, 0.25) is 0 Å². The zero-order chi connectivity index (χ0) is 30.5. The number of fused-ring (bicyclic) bond motifs is 3. The van der Waals surface area contributed by atoms with Crippen LogP contribution in [0.4, 0.5) is 0 Å². The third kappa shape index (κ3) is 4.65. The number of benzene rings is 6. The van der Waals surface area contributed by atoms with E-state index in [1.807, 2.05) is 59.4 Å². The number of hydrogen-bond donors (Lipinski definition) is 0. The number of aromatic nitrogens is 3. The standard InChI is InChI=1S/C39H24B3N3/c40-39(41,42)38-44-34-17-5-6-18-35(34)45(38)29-12-8-11-28(24-29)37-32-15-3-1-13-30(32)36(31-14-2-4-16-33(31)37)27-10-7-9-26(23-27)25-19-21-43-22-20-25/h1-24H. The molecule has 0 fully saturated rings. The van der Waals surface area contributed by atoms with Crippen LogP contribution in [0, 0.1) is 0 Å². The van der Waals surface area contributed by atoms with E-state index in [1.165, 1.54) is 27.1 Å². The molecular weight excluding hydrogens is 543 g/mol. The van der Waals surface area contributed by atoms with Crippen LogP contribution < -0.4 is 0 Å². The Balaban J connectivity index is 1.39. The molecule has 0 saturated heterocycles. The first-order valence-corrected chi connectivity index (χ1v) is 14.9. The summed E-state index contributed by atoms with van der Waals surface area (Å²) in [6, 6.07) is 46.4. The zero-order valence-corrected chi connectivity index (χ0v) is 24.4. The summed E-state index contributed by atoms with van der Waals surface area (Å²) < 4.78 is 1.96. The summed E-state index contributed by atoms with van der Waals surface area (Å²) in [5.74, 6) is 0.389. The van der Waals surface area contributed by atoms with E-state index < -0.39 is 5.11 Å². The van der Waals surface area contributed by atoms with Crippen molar-refractivity contribution < 1.29 is 0 Å². The van der Waals surface area contributed by atoms with Crippen molar-refractivity contribution in [2.24, 2.45) is 0 Å². The molecule has 204 valence electrons. The molecule has 8 rings (SSSR count). The fourth-order valence-corrected chi connectivity index (χ4v) is 6.53. The van der Waals surface area contributed by atoms with Crippen LogP contribution in [-0.2, 0) is 5.11 Å². The Morgan fingerprint density at radius 3 is 1.64 bits per heavy atom. The average molecular weight is 567 g/mol. The molecule has 0 atom stereocenters. The highest BCUT2D eigenvalue weighted by molar-refractivity contribution is 6.58. The number of imidazole rings is 1. The highest BCUT2D eigenvalue weighted by Crippen LogP contribution is 2.44. The second kappa shape index (κ2) is 10.7. The fraction of sp³-hybridized carbons (Fsp3) is 0.0256. The lowest BCUT2D eigenvalue weighted by atomic mass is 9.42. The predicted molar refractivity (Wildman–Crippen MR) is 189 cm³/mol. The van der Waals surface area contributed by atoms with Gasteiger partial charge in [0, 0.05) is 18.1 Å². The Hall–Kier alpha value is -5.35. The third-order valence-corrected chi connectivity index (χ3v) is 8.44. The lowest BCUT2D eigenvalue weighted by Gasteiger charge is -2.22. The van der Waals surface area contributed by atoms with Crippen LogP contribution in [0.15, 0.2) is 146 Å². The lowest BCUT2D eigenvalue weighted by Crippen LogP contribution is -2.31. The van der Waals surface area contributed by atoms with Gasteiger partial charge >= 0.3 is 0 Å². The van der Waals surface area contributed by atoms with E-state index in [-0.39, 0.29) is 0 Å². The molecule has 0 spiro atoms. The van der Waals surface area contributed by atoms with Gasteiger partial charge in [0.25, 0.3) is 0 Å². The van der Waals surface area contributed by atoms with Crippen molar-refractivity contribution in [1.29, 1.82) is 0 Å². The molecule has 6 radical (unpaired) electrons. The minimum absolute atomic E-state index is 0.389. The van der Waals surface area contributed by atoms with Gasteiger partial charge in [-0.3, -0.25) is 9.55 Å². The van der Waals surface area contributed by atoms with E-state index >= 15 is 0 Å². The molecule has 0 saturated carbocycles. The normalized spacial score (nSPS) is 11.8. The molecule has 0 aliphatic heterocycles. The summed E-state index contributed by atoms with van der Waals surface area (Å²) in [5.41, 5.74) is 9.42. The molecule has 3 nitrogen and oxygen atoms in total. The van der Waals surface area contributed by atoms with Crippen LogP contribution in [0.3, 0.4) is 0 Å². The van der Waals surface area contributed by atoms with E-state index in [2.05, 4.69) is 96.0 Å². The molecule has 0 N–H and O–H groups in total. The van der Waals surface area contributed by atoms with Crippen LogP contribution in [0.1, 0.15) is 5.82 Å². The quantitative estimate of drug-likeness (QED) is 0.155. The van der Waals surface area contributed by atoms with Gasteiger partial charge in [0.1, 0.15) is 0 Å². The van der Waals surface area contributed by atoms with E-state index in [0.717, 1.165) is 44.5 Å².